The molecule has 2 heterocycles. The number of methoxy groups -OCH3 is 2. The van der Waals surface area contributed by atoms with Gasteiger partial charge in [-0.15, -0.1) is 0 Å². The summed E-state index contributed by atoms with van der Waals surface area (Å²) < 4.78 is 22.3. The number of aromatic nitrogens is 1. The highest BCUT2D eigenvalue weighted by atomic mass is 16.7. The van der Waals surface area contributed by atoms with E-state index in [1.807, 2.05) is 6.07 Å². The van der Waals surface area contributed by atoms with E-state index >= 15 is 0 Å². The van der Waals surface area contributed by atoms with Gasteiger partial charge in [0.1, 0.15) is 11.5 Å². The molecule has 0 aliphatic carbocycles. The molecule has 1 N–H and O–H groups in total. The van der Waals surface area contributed by atoms with Crippen molar-refractivity contribution in [2.24, 2.45) is 7.05 Å². The molecule has 1 aliphatic heterocycles. The number of fused-ring (bicyclic) bond motifs is 2. The predicted molar refractivity (Wildman–Crippen MR) is 108 cm³/mol. The Hall–Kier alpha value is -3.68. The van der Waals surface area contributed by atoms with E-state index in [0.717, 1.165) is 5.39 Å². The van der Waals surface area contributed by atoms with E-state index in [1.165, 1.54) is 17.7 Å². The van der Waals surface area contributed by atoms with Gasteiger partial charge in [-0.05, 0) is 29.7 Å². The lowest BCUT2D eigenvalue weighted by Crippen LogP contribution is -2.25. The molecule has 1 aromatic heterocycles. The van der Waals surface area contributed by atoms with Gasteiger partial charge in [0.2, 0.25) is 6.79 Å². The minimum absolute atomic E-state index is 0.0411. The molecule has 30 heavy (non-hydrogen) atoms. The number of carbonyl (C=O) groups excluding carboxylic acids is 1. The van der Waals surface area contributed by atoms with Gasteiger partial charge >= 0.3 is 5.97 Å². The fraction of sp³-hybridized carbons (Fsp3) is 0.273. The second-order valence-electron chi connectivity index (χ2n) is 6.99. The number of rotatable bonds is 5. The number of aromatic hydroxyl groups is 1. The molecule has 3 aromatic rings. The quantitative estimate of drug-likeness (QED) is 0.645. The first-order valence-electron chi connectivity index (χ1n) is 9.30. The molecule has 0 unspecified atom stereocenters. The van der Waals surface area contributed by atoms with Crippen molar-refractivity contribution in [1.82, 2.24) is 4.57 Å². The number of hydrogen-bond acceptors (Lipinski definition) is 7. The summed E-state index contributed by atoms with van der Waals surface area (Å²) in [6, 6.07) is 10.2. The van der Waals surface area contributed by atoms with E-state index < -0.39 is 11.9 Å². The largest absolute Gasteiger partial charge is 0.508 e. The summed E-state index contributed by atoms with van der Waals surface area (Å²) in [6.07, 6.45) is -0.124. The molecule has 0 amide bonds. The molecule has 0 radical (unpaired) electrons. The molecule has 8 heteroatoms. The smallest absolute Gasteiger partial charge is 0.306 e. The zero-order valence-electron chi connectivity index (χ0n) is 16.8. The molecular formula is C22H21NO7. The van der Waals surface area contributed by atoms with Crippen LogP contribution < -0.4 is 19.8 Å². The standard InChI is InChI=1S/C22H21NO7/c1-23-17-7-13(27-2)5-4-12(17)6-16(22(23)26)14(9-21(25)28-3)15-8-19-20(10-18(15)24)30-11-29-19/h4-8,10,14,24H,9,11H2,1-3H3/t14-/m0/s1. The van der Waals surface area contributed by atoms with Crippen molar-refractivity contribution >= 4 is 16.9 Å². The summed E-state index contributed by atoms with van der Waals surface area (Å²) in [5.74, 6) is 0.146. The average molecular weight is 411 g/mol. The van der Waals surface area contributed by atoms with Crippen LogP contribution in [-0.2, 0) is 16.6 Å². The van der Waals surface area contributed by atoms with Crippen LogP contribution in [0.25, 0.3) is 10.9 Å². The lowest BCUT2D eigenvalue weighted by molar-refractivity contribution is -0.140. The predicted octanol–water partition coefficient (Wildman–Crippen LogP) is 2.68. The highest BCUT2D eigenvalue weighted by Crippen LogP contribution is 2.43. The number of hydrogen-bond donors (Lipinski definition) is 1. The number of aryl methyl sites for hydroxylation is 1. The van der Waals surface area contributed by atoms with Crippen molar-refractivity contribution in [3.05, 3.63) is 57.9 Å². The summed E-state index contributed by atoms with van der Waals surface area (Å²) in [6.45, 7) is 0.0411. The van der Waals surface area contributed by atoms with Gasteiger partial charge in [-0.2, -0.15) is 0 Å². The molecule has 8 nitrogen and oxygen atoms in total. The molecule has 2 aromatic carbocycles. The number of carbonyl (C=O) groups is 1. The maximum atomic E-state index is 13.2. The van der Waals surface area contributed by atoms with Crippen LogP contribution in [0.5, 0.6) is 23.0 Å². The number of nitrogens with zero attached hydrogens (tertiary/aromatic N) is 1. The van der Waals surface area contributed by atoms with Crippen molar-refractivity contribution in [2.45, 2.75) is 12.3 Å². The summed E-state index contributed by atoms with van der Waals surface area (Å²) in [5, 5.41) is 11.4. The topological polar surface area (TPSA) is 96.2 Å². The van der Waals surface area contributed by atoms with Gasteiger partial charge in [0.05, 0.1) is 26.2 Å². The first-order chi connectivity index (χ1) is 14.4. The third kappa shape index (κ3) is 3.30. The van der Waals surface area contributed by atoms with E-state index in [4.69, 9.17) is 18.9 Å². The van der Waals surface area contributed by atoms with Gasteiger partial charge in [0.25, 0.3) is 5.56 Å². The summed E-state index contributed by atoms with van der Waals surface area (Å²) >= 11 is 0. The summed E-state index contributed by atoms with van der Waals surface area (Å²) in [5.41, 5.74) is 1.14. The second-order valence-corrected chi connectivity index (χ2v) is 6.99. The van der Waals surface area contributed by atoms with Crippen molar-refractivity contribution in [2.75, 3.05) is 21.0 Å². The number of esters is 1. The highest BCUT2D eigenvalue weighted by Gasteiger charge is 2.28. The molecule has 1 atom stereocenters. The van der Waals surface area contributed by atoms with E-state index in [1.54, 1.807) is 38.4 Å². The Labute approximate surface area is 172 Å². The normalized spacial score (nSPS) is 13.3. The molecule has 4 rings (SSSR count). The van der Waals surface area contributed by atoms with Crippen LogP contribution in [0.2, 0.25) is 0 Å². The Morgan fingerprint density at radius 1 is 1.13 bits per heavy atom. The Balaban J connectivity index is 1.92. The first kappa shape index (κ1) is 19.6. The maximum absolute atomic E-state index is 13.2. The van der Waals surface area contributed by atoms with Gasteiger partial charge in [0.15, 0.2) is 11.5 Å². The maximum Gasteiger partial charge on any atom is 0.306 e. The van der Waals surface area contributed by atoms with Crippen molar-refractivity contribution in [3.63, 3.8) is 0 Å². The fourth-order valence-corrected chi connectivity index (χ4v) is 3.71. The van der Waals surface area contributed by atoms with Crippen LogP contribution in [0.1, 0.15) is 23.5 Å². The number of phenols is 1. The van der Waals surface area contributed by atoms with Crippen molar-refractivity contribution in [1.29, 1.82) is 0 Å². The third-order valence-corrected chi connectivity index (χ3v) is 5.33. The van der Waals surface area contributed by atoms with E-state index in [-0.39, 0.29) is 24.5 Å². The number of phenolic OH excluding ortho intramolecular Hbond substituents is 1. The van der Waals surface area contributed by atoms with Gasteiger partial charge in [-0.25, -0.2) is 0 Å². The van der Waals surface area contributed by atoms with Crippen LogP contribution in [0, 0.1) is 0 Å². The van der Waals surface area contributed by atoms with Crippen LogP contribution >= 0.6 is 0 Å². The van der Waals surface area contributed by atoms with Crippen LogP contribution in [0.4, 0.5) is 0 Å². The monoisotopic (exact) mass is 411 g/mol. The third-order valence-electron chi connectivity index (χ3n) is 5.33. The summed E-state index contributed by atoms with van der Waals surface area (Å²) in [7, 11) is 4.49. The molecular weight excluding hydrogens is 390 g/mol. The molecule has 156 valence electrons. The Morgan fingerprint density at radius 2 is 1.87 bits per heavy atom. The van der Waals surface area contributed by atoms with Crippen molar-refractivity contribution in [3.8, 4) is 23.0 Å². The van der Waals surface area contributed by atoms with E-state index in [0.29, 0.717) is 33.9 Å². The van der Waals surface area contributed by atoms with E-state index in [9.17, 15) is 14.7 Å². The molecule has 0 fully saturated rings. The average Bonchev–Trinajstić information content (AvgIpc) is 3.21. The first-order valence-corrected chi connectivity index (χ1v) is 9.30. The number of pyridine rings is 1. The Morgan fingerprint density at radius 3 is 2.57 bits per heavy atom. The molecule has 0 saturated heterocycles. The second kappa shape index (κ2) is 7.62. The van der Waals surface area contributed by atoms with Crippen LogP contribution in [0.3, 0.4) is 0 Å². The molecule has 0 bridgehead atoms. The van der Waals surface area contributed by atoms with Gasteiger partial charge in [-0.1, -0.05) is 0 Å². The van der Waals surface area contributed by atoms with E-state index in [2.05, 4.69) is 0 Å². The molecule has 0 saturated carbocycles. The Bertz CT molecular complexity index is 1200. The van der Waals surface area contributed by atoms with Gasteiger partial charge in [0, 0.05) is 36.2 Å². The number of benzene rings is 2. The van der Waals surface area contributed by atoms with Crippen LogP contribution in [-0.4, -0.2) is 36.7 Å². The molecule has 0 spiro atoms. The lowest BCUT2D eigenvalue weighted by atomic mass is 9.87. The SMILES string of the molecule is COC(=O)C[C@@H](c1cc2c(cc1O)OCO2)c1cc2ccc(OC)cc2n(C)c1=O. The fourth-order valence-electron chi connectivity index (χ4n) is 3.71. The minimum Gasteiger partial charge on any atom is -0.508 e. The molecule has 1 aliphatic rings. The van der Waals surface area contributed by atoms with Crippen LogP contribution in [0.15, 0.2) is 41.2 Å². The zero-order valence-corrected chi connectivity index (χ0v) is 16.8. The zero-order chi connectivity index (χ0) is 21.4. The Kier molecular flexibility index (Phi) is 4.99. The van der Waals surface area contributed by atoms with Gasteiger partial charge in [-0.3, -0.25) is 9.59 Å². The lowest BCUT2D eigenvalue weighted by Gasteiger charge is -2.20. The summed E-state index contributed by atoms with van der Waals surface area (Å²) in [4.78, 5) is 25.4. The van der Waals surface area contributed by atoms with Gasteiger partial charge < -0.3 is 28.6 Å². The van der Waals surface area contributed by atoms with Crippen molar-refractivity contribution < 1.29 is 28.8 Å². The number of ether oxygens (including phenoxy) is 4. The highest BCUT2D eigenvalue weighted by molar-refractivity contribution is 5.82. The minimum atomic E-state index is -0.739.